The SMILES string of the molecule is CCn1c(-c2cccnc2C(C)C)c(CC(C)(C)COC(=O)[C@@H]2CCCN(C(=O)[C@@H](NC(=O)OC(C)(C)C)NC3CC(Br)=CC[C@@H]3COC)N2)c2cc(B3OC(C)(C)C(C)(C)O3)ccc21. The molecule has 2 fully saturated rings. The average molecular weight is 964 g/mol. The number of methoxy groups -OCH3 is 1. The van der Waals surface area contributed by atoms with Crippen molar-refractivity contribution in [3.05, 3.63) is 58.3 Å². The Hall–Kier alpha value is -3.80. The van der Waals surface area contributed by atoms with Gasteiger partial charge in [0.05, 0.1) is 35.8 Å². The Labute approximate surface area is 394 Å². The summed E-state index contributed by atoms with van der Waals surface area (Å²) in [6, 6.07) is 9.65. The lowest BCUT2D eigenvalue weighted by Crippen LogP contribution is -2.65. The van der Waals surface area contributed by atoms with Crippen molar-refractivity contribution in [2.45, 2.75) is 163 Å². The maximum atomic E-state index is 14.3. The van der Waals surface area contributed by atoms with E-state index >= 15 is 0 Å². The van der Waals surface area contributed by atoms with Gasteiger partial charge in [-0.25, -0.2) is 10.2 Å². The molecule has 356 valence electrons. The summed E-state index contributed by atoms with van der Waals surface area (Å²) in [7, 11) is 1.12. The van der Waals surface area contributed by atoms with Gasteiger partial charge in [0.2, 0.25) is 0 Å². The molecule has 14 nitrogen and oxygen atoms in total. The highest BCUT2D eigenvalue weighted by Gasteiger charge is 2.52. The van der Waals surface area contributed by atoms with Crippen molar-refractivity contribution in [1.29, 1.82) is 0 Å². The van der Waals surface area contributed by atoms with Gasteiger partial charge >= 0.3 is 19.2 Å². The van der Waals surface area contributed by atoms with E-state index in [1.807, 2.05) is 12.3 Å². The molecule has 1 aromatic carbocycles. The standard InChI is InChI=1S/C49H72BBrN6O8/c1-14-56-39-22-20-32(50-64-48(9,10)49(11,12)65-50)25-35(39)36(41(56)34-17-15-23-52-40(34)30(2)3)27-47(7,8)29-62-44(59)37-18-16-24-57(55-37)43(58)42(54-45(60)63-46(4,5)6)53-38-26-33(51)21-19-31(38)28-61-13/h15,17,20-23,25,30-31,37-38,42,53,55H,14,16,18-19,24,26-29H2,1-13H3,(H,54,60)/t31-,37+,38?,42-/m1/s1. The number of esters is 1. The number of nitrogens with zero attached hydrogens (tertiary/aromatic N) is 3. The molecule has 0 spiro atoms. The molecule has 2 aliphatic heterocycles. The van der Waals surface area contributed by atoms with Gasteiger partial charge in [-0.15, -0.1) is 0 Å². The van der Waals surface area contributed by atoms with Crippen molar-refractivity contribution < 1.29 is 37.9 Å². The van der Waals surface area contributed by atoms with E-state index < -0.39 is 59.5 Å². The maximum Gasteiger partial charge on any atom is 0.494 e. The van der Waals surface area contributed by atoms with Crippen molar-refractivity contribution >= 4 is 57.4 Å². The molecule has 2 saturated heterocycles. The first kappa shape index (κ1) is 50.6. The van der Waals surface area contributed by atoms with E-state index in [0.717, 1.165) is 56.3 Å². The predicted octanol–water partition coefficient (Wildman–Crippen LogP) is 7.90. The van der Waals surface area contributed by atoms with Crippen molar-refractivity contribution in [3.63, 3.8) is 0 Å². The highest BCUT2D eigenvalue weighted by atomic mass is 79.9. The molecule has 2 amide bonds. The lowest BCUT2D eigenvalue weighted by Gasteiger charge is -2.38. The Balaban J connectivity index is 1.23. The van der Waals surface area contributed by atoms with Gasteiger partial charge in [-0.2, -0.15) is 0 Å². The molecular weight excluding hydrogens is 891 g/mol. The number of fused-ring (bicyclic) bond motifs is 1. The molecule has 65 heavy (non-hydrogen) atoms. The number of nitrogens with one attached hydrogen (secondary N) is 3. The number of benzene rings is 1. The zero-order chi connectivity index (χ0) is 47.6. The van der Waals surface area contributed by atoms with E-state index in [-0.39, 0.29) is 24.5 Å². The third kappa shape index (κ3) is 11.8. The number of ether oxygens (including phenoxy) is 3. The number of allylic oxidation sites excluding steroid dienone is 1. The molecule has 6 rings (SSSR count). The van der Waals surface area contributed by atoms with Crippen molar-refractivity contribution in [3.8, 4) is 11.3 Å². The number of carbonyl (C=O) groups is 3. The normalized spacial score (nSPS) is 21.6. The zero-order valence-corrected chi connectivity index (χ0v) is 42.4. The monoisotopic (exact) mass is 962 g/mol. The Morgan fingerprint density at radius 2 is 1.78 bits per heavy atom. The number of hydrogen-bond donors (Lipinski definition) is 3. The highest BCUT2D eigenvalue weighted by molar-refractivity contribution is 9.11. The molecule has 1 unspecified atom stereocenters. The molecule has 1 aliphatic carbocycles. The van der Waals surface area contributed by atoms with Gasteiger partial charge < -0.3 is 28.1 Å². The van der Waals surface area contributed by atoms with Gasteiger partial charge in [0.25, 0.3) is 5.91 Å². The van der Waals surface area contributed by atoms with E-state index in [1.165, 1.54) is 5.01 Å². The third-order valence-electron chi connectivity index (χ3n) is 13.0. The van der Waals surface area contributed by atoms with E-state index in [2.05, 4.69) is 129 Å². The summed E-state index contributed by atoms with van der Waals surface area (Å²) in [6.07, 6.45) is 5.04. The molecule has 3 aliphatic rings. The molecule has 4 heterocycles. The van der Waals surface area contributed by atoms with Crippen LogP contribution in [0.25, 0.3) is 22.2 Å². The molecule has 2 aromatic heterocycles. The van der Waals surface area contributed by atoms with Gasteiger partial charge in [0, 0.05) is 60.2 Å². The Kier molecular flexibility index (Phi) is 15.7. The Morgan fingerprint density at radius 3 is 2.43 bits per heavy atom. The summed E-state index contributed by atoms with van der Waals surface area (Å²) in [5, 5.41) is 8.65. The summed E-state index contributed by atoms with van der Waals surface area (Å²) < 4.78 is 33.6. The van der Waals surface area contributed by atoms with Crippen LogP contribution in [0, 0.1) is 11.3 Å². The second kappa shape index (κ2) is 20.2. The fourth-order valence-electron chi connectivity index (χ4n) is 8.94. The largest absolute Gasteiger partial charge is 0.494 e. The van der Waals surface area contributed by atoms with Crippen LogP contribution >= 0.6 is 15.9 Å². The van der Waals surface area contributed by atoms with Crippen LogP contribution in [0.1, 0.15) is 126 Å². The number of alkyl carbamates (subject to hydrolysis) is 1. The van der Waals surface area contributed by atoms with Crippen LogP contribution in [0.5, 0.6) is 0 Å². The van der Waals surface area contributed by atoms with E-state index in [0.29, 0.717) is 38.8 Å². The predicted molar refractivity (Wildman–Crippen MR) is 259 cm³/mol. The fourth-order valence-corrected chi connectivity index (χ4v) is 9.47. The number of halogens is 1. The van der Waals surface area contributed by atoms with Crippen LogP contribution in [-0.4, -0.2) is 102 Å². The summed E-state index contributed by atoms with van der Waals surface area (Å²) >= 11 is 3.63. The van der Waals surface area contributed by atoms with Gasteiger partial charge in [-0.05, 0) is 127 Å². The molecular formula is C49H72BBrN6O8. The first-order chi connectivity index (χ1) is 30.4. The molecule has 3 N–H and O–H groups in total. The van der Waals surface area contributed by atoms with E-state index in [1.54, 1.807) is 27.9 Å². The number of hydrazine groups is 1. The minimum atomic E-state index is -1.14. The van der Waals surface area contributed by atoms with Crippen LogP contribution in [0.2, 0.25) is 0 Å². The number of amides is 2. The minimum absolute atomic E-state index is 0.0610. The fraction of sp³-hybridized carbons (Fsp3) is 0.633. The van der Waals surface area contributed by atoms with Crippen molar-refractivity contribution in [1.82, 2.24) is 30.6 Å². The van der Waals surface area contributed by atoms with Gasteiger partial charge in [-0.3, -0.25) is 30.2 Å². The summed E-state index contributed by atoms with van der Waals surface area (Å²) in [4.78, 5) is 46.3. The number of carbonyl (C=O) groups excluding carboxylic acids is 3. The number of aryl methyl sites for hydroxylation is 1. The summed E-state index contributed by atoms with van der Waals surface area (Å²) in [5.41, 5.74) is 7.23. The molecule has 4 atom stereocenters. The van der Waals surface area contributed by atoms with Crippen LogP contribution in [0.15, 0.2) is 47.1 Å². The Bertz CT molecular complexity index is 2220. The minimum Gasteiger partial charge on any atom is -0.464 e. The second-order valence-electron chi connectivity index (χ2n) is 20.9. The molecule has 0 saturated carbocycles. The van der Waals surface area contributed by atoms with Gasteiger partial charge in [-0.1, -0.05) is 61.8 Å². The molecule has 0 radical (unpaired) electrons. The number of rotatable bonds is 15. The summed E-state index contributed by atoms with van der Waals surface area (Å²) in [6.45, 7) is 25.9. The smallest absolute Gasteiger partial charge is 0.464 e. The third-order valence-corrected chi connectivity index (χ3v) is 13.6. The van der Waals surface area contributed by atoms with Crippen LogP contribution in [0.4, 0.5) is 4.79 Å². The van der Waals surface area contributed by atoms with Crippen LogP contribution < -0.4 is 21.5 Å². The second-order valence-corrected chi connectivity index (χ2v) is 22.0. The first-order valence-corrected chi connectivity index (χ1v) is 24.0. The lowest BCUT2D eigenvalue weighted by molar-refractivity contribution is -0.155. The Morgan fingerprint density at radius 1 is 1.08 bits per heavy atom. The van der Waals surface area contributed by atoms with E-state index in [4.69, 9.17) is 28.5 Å². The first-order valence-electron chi connectivity index (χ1n) is 23.2. The zero-order valence-electron chi connectivity index (χ0n) is 40.9. The summed E-state index contributed by atoms with van der Waals surface area (Å²) in [5.74, 6) is -0.642. The average Bonchev–Trinajstić information content (AvgIpc) is 3.65. The molecule has 16 heteroatoms. The van der Waals surface area contributed by atoms with Crippen molar-refractivity contribution in [2.75, 3.05) is 26.9 Å². The topological polar surface area (TPSA) is 155 Å². The quantitative estimate of drug-likeness (QED) is 0.0774. The number of hydrogen-bond acceptors (Lipinski definition) is 11. The van der Waals surface area contributed by atoms with Gasteiger partial charge in [0.15, 0.2) is 6.17 Å². The lowest BCUT2D eigenvalue weighted by atomic mass is 9.77. The highest BCUT2D eigenvalue weighted by Crippen LogP contribution is 2.41. The molecule has 3 aromatic rings. The van der Waals surface area contributed by atoms with Crippen LogP contribution in [-0.2, 0) is 46.1 Å². The molecule has 0 bridgehead atoms. The van der Waals surface area contributed by atoms with Gasteiger partial charge in [0.1, 0.15) is 11.6 Å². The van der Waals surface area contributed by atoms with Crippen molar-refractivity contribution in [2.24, 2.45) is 11.3 Å². The number of aromatic nitrogens is 2. The van der Waals surface area contributed by atoms with Crippen LogP contribution in [0.3, 0.4) is 0 Å². The van der Waals surface area contributed by atoms with E-state index in [9.17, 15) is 14.4 Å². The number of pyridine rings is 1. The maximum absolute atomic E-state index is 14.3.